The molecule has 2 rings (SSSR count). The lowest BCUT2D eigenvalue weighted by Gasteiger charge is -2.18. The molecule has 0 amide bonds. The van der Waals surface area contributed by atoms with Crippen molar-refractivity contribution in [3.8, 4) is 0 Å². The highest BCUT2D eigenvalue weighted by Gasteiger charge is 2.17. The maximum atomic E-state index is 5.92. The number of nitrogens with one attached hydrogen (secondary N) is 1. The van der Waals surface area contributed by atoms with Crippen molar-refractivity contribution >= 4 is 11.6 Å². The first-order valence-electron chi connectivity index (χ1n) is 7.74. The maximum absolute atomic E-state index is 5.92. The van der Waals surface area contributed by atoms with Crippen molar-refractivity contribution in [3.05, 3.63) is 58.5 Å². The second-order valence-electron chi connectivity index (χ2n) is 5.50. The van der Waals surface area contributed by atoms with Crippen LogP contribution in [0.2, 0.25) is 5.22 Å². The molecule has 1 N–H and O–H groups in total. The Hall–Kier alpha value is -1.25. The van der Waals surface area contributed by atoms with Crippen LogP contribution >= 0.6 is 11.6 Å². The van der Waals surface area contributed by atoms with Gasteiger partial charge in [-0.2, -0.15) is 0 Å². The van der Waals surface area contributed by atoms with Crippen LogP contribution in [0.25, 0.3) is 0 Å². The minimum atomic E-state index is 0.0587. The van der Waals surface area contributed by atoms with Crippen LogP contribution < -0.4 is 5.32 Å². The van der Waals surface area contributed by atoms with Crippen molar-refractivity contribution in [2.24, 2.45) is 0 Å². The topological polar surface area (TPSA) is 25.2 Å². The first-order valence-corrected chi connectivity index (χ1v) is 8.12. The highest BCUT2D eigenvalue weighted by molar-refractivity contribution is 6.28. The number of benzene rings is 1. The molecule has 1 heterocycles. The summed E-state index contributed by atoms with van der Waals surface area (Å²) in [7, 11) is 0. The summed E-state index contributed by atoms with van der Waals surface area (Å²) in [6.45, 7) is 7.57. The van der Waals surface area contributed by atoms with Crippen LogP contribution in [-0.4, -0.2) is 6.54 Å². The van der Waals surface area contributed by atoms with Gasteiger partial charge in [0.15, 0.2) is 5.22 Å². The molecule has 0 fully saturated rings. The number of halogens is 1. The Morgan fingerprint density at radius 2 is 1.71 bits per heavy atom. The molecule has 114 valence electrons. The first-order chi connectivity index (χ1) is 10.2. The smallest absolute Gasteiger partial charge is 0.193 e. The predicted molar refractivity (Wildman–Crippen MR) is 89.0 cm³/mol. The molecule has 2 atom stereocenters. The van der Waals surface area contributed by atoms with Gasteiger partial charge in [-0.3, -0.25) is 0 Å². The van der Waals surface area contributed by atoms with Gasteiger partial charge in [0.2, 0.25) is 0 Å². The Bertz CT molecular complexity index is 547. The van der Waals surface area contributed by atoms with Gasteiger partial charge in [0.25, 0.3) is 0 Å². The lowest BCUT2D eigenvalue weighted by atomic mass is 9.95. The Labute approximate surface area is 132 Å². The third-order valence-electron chi connectivity index (χ3n) is 3.93. The lowest BCUT2D eigenvalue weighted by molar-refractivity contribution is 0.448. The van der Waals surface area contributed by atoms with Crippen molar-refractivity contribution in [2.45, 2.75) is 45.6 Å². The van der Waals surface area contributed by atoms with E-state index in [0.29, 0.717) is 11.1 Å². The quantitative estimate of drug-likeness (QED) is 0.727. The van der Waals surface area contributed by atoms with Crippen molar-refractivity contribution in [1.82, 2.24) is 5.32 Å². The van der Waals surface area contributed by atoms with Crippen LogP contribution in [0.3, 0.4) is 0 Å². The number of rotatable bonds is 7. The van der Waals surface area contributed by atoms with E-state index < -0.39 is 0 Å². The Balaban J connectivity index is 2.24. The van der Waals surface area contributed by atoms with Gasteiger partial charge >= 0.3 is 0 Å². The van der Waals surface area contributed by atoms with Gasteiger partial charge in [-0.25, -0.2) is 0 Å². The van der Waals surface area contributed by atoms with E-state index in [1.54, 1.807) is 6.07 Å². The molecule has 0 aliphatic carbocycles. The average Bonchev–Trinajstić information content (AvgIpc) is 2.94. The van der Waals surface area contributed by atoms with Gasteiger partial charge in [-0.05, 0) is 60.2 Å². The summed E-state index contributed by atoms with van der Waals surface area (Å²) in [5.74, 6) is 1.46. The van der Waals surface area contributed by atoms with E-state index in [2.05, 4.69) is 50.4 Å². The van der Waals surface area contributed by atoms with Crippen LogP contribution in [0.1, 0.15) is 62.5 Å². The predicted octanol–water partition coefficient (Wildman–Crippen LogP) is 5.54. The third kappa shape index (κ3) is 4.12. The second kappa shape index (κ2) is 7.67. The largest absolute Gasteiger partial charge is 0.448 e. The third-order valence-corrected chi connectivity index (χ3v) is 4.13. The summed E-state index contributed by atoms with van der Waals surface area (Å²) in [4.78, 5) is 0. The summed E-state index contributed by atoms with van der Waals surface area (Å²) >= 11 is 5.92. The zero-order valence-electron chi connectivity index (χ0n) is 13.0. The fraction of sp³-hybridized carbons (Fsp3) is 0.444. The van der Waals surface area contributed by atoms with Gasteiger partial charge in [-0.1, -0.05) is 45.0 Å². The van der Waals surface area contributed by atoms with Crippen LogP contribution in [0.4, 0.5) is 0 Å². The van der Waals surface area contributed by atoms with Gasteiger partial charge in [0.1, 0.15) is 5.76 Å². The van der Waals surface area contributed by atoms with Crippen LogP contribution in [0, 0.1) is 0 Å². The molecule has 2 aromatic rings. The molecule has 2 nitrogen and oxygen atoms in total. The Morgan fingerprint density at radius 1 is 1.05 bits per heavy atom. The highest BCUT2D eigenvalue weighted by atomic mass is 35.5. The van der Waals surface area contributed by atoms with E-state index in [0.717, 1.165) is 25.1 Å². The molecule has 0 saturated carbocycles. The molecule has 0 aliphatic rings. The number of hydrogen-bond donors (Lipinski definition) is 1. The first kappa shape index (κ1) is 16.1. The summed E-state index contributed by atoms with van der Waals surface area (Å²) in [6.07, 6.45) is 2.24. The molecule has 2 unspecified atom stereocenters. The summed E-state index contributed by atoms with van der Waals surface area (Å²) in [6, 6.07) is 12.6. The van der Waals surface area contributed by atoms with Gasteiger partial charge in [0, 0.05) is 0 Å². The van der Waals surface area contributed by atoms with Crippen molar-refractivity contribution in [3.63, 3.8) is 0 Å². The molecule has 0 radical (unpaired) electrons. The zero-order chi connectivity index (χ0) is 15.2. The van der Waals surface area contributed by atoms with Gasteiger partial charge in [-0.15, -0.1) is 0 Å². The molecule has 0 bridgehead atoms. The Kier molecular flexibility index (Phi) is 5.89. The molecular formula is C18H24ClNO. The van der Waals surface area contributed by atoms with E-state index >= 15 is 0 Å². The highest BCUT2D eigenvalue weighted by Crippen LogP contribution is 2.27. The van der Waals surface area contributed by atoms with E-state index in [-0.39, 0.29) is 6.04 Å². The molecular weight excluding hydrogens is 282 g/mol. The normalized spacial score (nSPS) is 14.1. The van der Waals surface area contributed by atoms with Crippen molar-refractivity contribution in [2.75, 3.05) is 6.54 Å². The molecule has 0 spiro atoms. The molecule has 0 aliphatic heterocycles. The van der Waals surface area contributed by atoms with Crippen LogP contribution in [0.5, 0.6) is 0 Å². The van der Waals surface area contributed by atoms with E-state index in [1.165, 1.54) is 11.1 Å². The molecule has 21 heavy (non-hydrogen) atoms. The monoisotopic (exact) mass is 305 g/mol. The molecule has 1 aromatic carbocycles. The molecule has 3 heteroatoms. The Morgan fingerprint density at radius 3 is 2.24 bits per heavy atom. The van der Waals surface area contributed by atoms with Crippen LogP contribution in [-0.2, 0) is 0 Å². The summed E-state index contributed by atoms with van der Waals surface area (Å²) in [5.41, 5.74) is 2.59. The summed E-state index contributed by atoms with van der Waals surface area (Å²) in [5, 5.41) is 3.96. The minimum absolute atomic E-state index is 0.0587. The SMILES string of the molecule is CCCNC(c1ccc(C(C)CC)cc1)c1ccc(Cl)o1. The fourth-order valence-electron chi connectivity index (χ4n) is 2.41. The number of furan rings is 1. The average molecular weight is 306 g/mol. The fourth-order valence-corrected chi connectivity index (χ4v) is 2.56. The van der Waals surface area contributed by atoms with E-state index in [4.69, 9.17) is 16.0 Å². The second-order valence-corrected chi connectivity index (χ2v) is 5.88. The minimum Gasteiger partial charge on any atom is -0.448 e. The van der Waals surface area contributed by atoms with Gasteiger partial charge in [0.05, 0.1) is 6.04 Å². The van der Waals surface area contributed by atoms with Crippen molar-refractivity contribution < 1.29 is 4.42 Å². The standard InChI is InChI=1S/C18H24ClNO/c1-4-12-20-18(16-10-11-17(19)21-16)15-8-6-14(7-9-15)13(3)5-2/h6-11,13,18,20H,4-5,12H2,1-3H3. The summed E-state index contributed by atoms with van der Waals surface area (Å²) < 4.78 is 5.60. The zero-order valence-corrected chi connectivity index (χ0v) is 13.8. The van der Waals surface area contributed by atoms with Crippen molar-refractivity contribution in [1.29, 1.82) is 0 Å². The van der Waals surface area contributed by atoms with E-state index in [1.807, 2.05) is 6.07 Å². The van der Waals surface area contributed by atoms with Crippen LogP contribution in [0.15, 0.2) is 40.8 Å². The molecule has 1 aromatic heterocycles. The van der Waals surface area contributed by atoms with Gasteiger partial charge < -0.3 is 9.73 Å². The maximum Gasteiger partial charge on any atom is 0.193 e. The number of hydrogen-bond acceptors (Lipinski definition) is 2. The van der Waals surface area contributed by atoms with E-state index in [9.17, 15) is 0 Å². The lowest BCUT2D eigenvalue weighted by Crippen LogP contribution is -2.22. The molecule has 0 saturated heterocycles.